The van der Waals surface area contributed by atoms with Crippen molar-refractivity contribution in [3.05, 3.63) is 72.2 Å². The van der Waals surface area contributed by atoms with E-state index in [2.05, 4.69) is 19.9 Å². The number of ether oxygens (including phenoxy) is 5. The Morgan fingerprint density at radius 1 is 0.977 bits per heavy atom. The average Bonchev–Trinajstić information content (AvgIpc) is 2.98. The second kappa shape index (κ2) is 13.7. The lowest BCUT2D eigenvalue weighted by molar-refractivity contribution is -0.162. The molecule has 2 atom stereocenters. The Morgan fingerprint density at radius 3 is 2.35 bits per heavy atom. The summed E-state index contributed by atoms with van der Waals surface area (Å²) >= 11 is -2.95. The number of para-hydroxylation sites is 2. The van der Waals surface area contributed by atoms with Gasteiger partial charge in [0.25, 0.3) is 5.88 Å². The van der Waals surface area contributed by atoms with E-state index in [0.29, 0.717) is 5.75 Å². The van der Waals surface area contributed by atoms with Gasteiger partial charge in [-0.25, -0.2) is 24.1 Å². The molecule has 0 spiro atoms. The molecule has 3 aromatic heterocycles. The minimum Gasteiger partial charge on any atom is -0.755 e. The smallest absolute Gasteiger partial charge is 0.360 e. The molecule has 0 radical (unpaired) electrons. The summed E-state index contributed by atoms with van der Waals surface area (Å²) < 4.78 is 53.1. The van der Waals surface area contributed by atoms with E-state index in [1.54, 1.807) is 37.3 Å². The van der Waals surface area contributed by atoms with Crippen molar-refractivity contribution in [2.75, 3.05) is 18.5 Å². The van der Waals surface area contributed by atoms with Crippen molar-refractivity contribution < 1.29 is 42.0 Å². The Bertz CT molecular complexity index is 1650. The summed E-state index contributed by atoms with van der Waals surface area (Å²) in [4.78, 5) is 41.0. The first-order valence-corrected chi connectivity index (χ1v) is 13.6. The maximum Gasteiger partial charge on any atom is 0.360 e. The number of rotatable bonds is 11. The predicted molar refractivity (Wildman–Crippen MR) is 152 cm³/mol. The van der Waals surface area contributed by atoms with Crippen molar-refractivity contribution in [1.82, 2.24) is 19.9 Å². The van der Waals surface area contributed by atoms with Crippen molar-refractivity contribution in [3.8, 4) is 34.5 Å². The molecule has 3 heterocycles. The SMILES string of the molecule is COc1ccccc1Oc1c(OC)nc(-c2ccnc(C(=O)OC(C)OC(C)=O)c2)nc1N(c1ccc(C)cn1)S(=O)[O-]. The normalized spacial score (nSPS) is 12.0. The maximum atomic E-state index is 12.7. The highest BCUT2D eigenvalue weighted by Crippen LogP contribution is 2.44. The van der Waals surface area contributed by atoms with Gasteiger partial charge < -0.3 is 28.2 Å². The number of pyridine rings is 2. The summed E-state index contributed by atoms with van der Waals surface area (Å²) in [5, 5.41) is 0. The van der Waals surface area contributed by atoms with Crippen molar-refractivity contribution >= 4 is 34.8 Å². The number of aryl methyl sites for hydroxylation is 1. The molecule has 15 heteroatoms. The van der Waals surface area contributed by atoms with Gasteiger partial charge in [0.05, 0.1) is 25.5 Å². The third-order valence-corrected chi connectivity index (χ3v) is 6.23. The molecule has 224 valence electrons. The predicted octanol–water partition coefficient (Wildman–Crippen LogP) is 4.05. The molecule has 4 aromatic rings. The fourth-order valence-corrected chi connectivity index (χ4v) is 4.24. The Labute approximate surface area is 249 Å². The Balaban J connectivity index is 1.87. The van der Waals surface area contributed by atoms with E-state index in [0.717, 1.165) is 9.87 Å². The minimum absolute atomic E-state index is 0.00830. The molecule has 0 amide bonds. The summed E-state index contributed by atoms with van der Waals surface area (Å²) in [5.41, 5.74) is 0.893. The van der Waals surface area contributed by atoms with E-state index >= 15 is 0 Å². The molecule has 0 aliphatic rings. The van der Waals surface area contributed by atoms with Crippen LogP contribution in [-0.2, 0) is 25.5 Å². The van der Waals surface area contributed by atoms with Crippen LogP contribution in [0.1, 0.15) is 29.9 Å². The highest BCUT2D eigenvalue weighted by molar-refractivity contribution is 7.81. The largest absolute Gasteiger partial charge is 0.755 e. The van der Waals surface area contributed by atoms with Crippen LogP contribution >= 0.6 is 0 Å². The van der Waals surface area contributed by atoms with E-state index in [9.17, 15) is 18.4 Å². The molecule has 43 heavy (non-hydrogen) atoms. The quantitative estimate of drug-likeness (QED) is 0.136. The number of hydrogen-bond donors (Lipinski definition) is 0. The molecule has 0 saturated heterocycles. The second-order valence-corrected chi connectivity index (χ2v) is 9.48. The van der Waals surface area contributed by atoms with Crippen LogP contribution < -0.4 is 18.5 Å². The monoisotopic (exact) mass is 608 g/mol. The maximum absolute atomic E-state index is 12.7. The Hall–Kier alpha value is -5.15. The zero-order chi connectivity index (χ0) is 31.1. The molecule has 0 saturated carbocycles. The van der Waals surface area contributed by atoms with Gasteiger partial charge in [-0.3, -0.25) is 9.00 Å². The number of esters is 2. The summed E-state index contributed by atoms with van der Waals surface area (Å²) in [7, 11) is 2.77. The van der Waals surface area contributed by atoms with Crippen LogP contribution in [0, 0.1) is 6.92 Å². The molecule has 2 unspecified atom stereocenters. The standard InChI is InChI=1S/C28H27N5O9S/c1-16-10-11-23(30-15-16)33(43(36)37)26-24(42-22-9-7-6-8-21(22)38-4)27(39-5)32-25(31-26)19-12-13-29-20(14-19)28(35)41-18(3)40-17(2)34/h6-15,18H,1-5H3,(H,36,37)/p-1. The van der Waals surface area contributed by atoms with E-state index < -0.39 is 29.5 Å². The molecular formula is C28H26N5O9S-. The number of aromatic nitrogens is 4. The lowest BCUT2D eigenvalue weighted by atomic mass is 10.2. The van der Waals surface area contributed by atoms with E-state index in [4.69, 9.17) is 23.7 Å². The van der Waals surface area contributed by atoms with E-state index in [1.807, 2.05) is 0 Å². The number of nitrogens with zero attached hydrogens (tertiary/aromatic N) is 5. The molecule has 0 fully saturated rings. The van der Waals surface area contributed by atoms with Crippen molar-refractivity contribution in [1.29, 1.82) is 0 Å². The summed E-state index contributed by atoms with van der Waals surface area (Å²) in [6, 6.07) is 12.7. The average molecular weight is 609 g/mol. The lowest BCUT2D eigenvalue weighted by Gasteiger charge is -2.27. The summed E-state index contributed by atoms with van der Waals surface area (Å²) in [6.07, 6.45) is 1.64. The highest BCUT2D eigenvalue weighted by Gasteiger charge is 2.27. The number of methoxy groups -OCH3 is 2. The van der Waals surface area contributed by atoms with Gasteiger partial charge in [-0.15, -0.1) is 0 Å². The van der Waals surface area contributed by atoms with Gasteiger partial charge in [0.1, 0.15) is 11.5 Å². The number of anilines is 2. The Morgan fingerprint density at radius 2 is 1.72 bits per heavy atom. The fraction of sp³-hybridized carbons (Fsp3) is 0.214. The zero-order valence-electron chi connectivity index (χ0n) is 23.7. The van der Waals surface area contributed by atoms with Crippen LogP contribution in [0.3, 0.4) is 0 Å². The topological polar surface area (TPSA) is 175 Å². The molecule has 4 rings (SSSR count). The van der Waals surface area contributed by atoms with Crippen LogP contribution in [0.5, 0.6) is 23.1 Å². The van der Waals surface area contributed by atoms with Gasteiger partial charge in [-0.05, 0) is 42.8 Å². The highest BCUT2D eigenvalue weighted by atomic mass is 32.2. The first-order chi connectivity index (χ1) is 20.6. The number of carbonyl (C=O) groups is 2. The third kappa shape index (κ3) is 7.38. The van der Waals surface area contributed by atoms with Crippen LogP contribution in [0.2, 0.25) is 0 Å². The molecule has 14 nitrogen and oxygen atoms in total. The first kappa shape index (κ1) is 30.8. The number of benzene rings is 1. The molecule has 0 bridgehead atoms. The zero-order valence-corrected chi connectivity index (χ0v) is 24.5. The molecule has 0 N–H and O–H groups in total. The second-order valence-electron chi connectivity index (χ2n) is 8.68. The van der Waals surface area contributed by atoms with Crippen molar-refractivity contribution in [2.24, 2.45) is 0 Å². The summed E-state index contributed by atoms with van der Waals surface area (Å²) in [5.74, 6) is -1.53. The van der Waals surface area contributed by atoms with Crippen molar-refractivity contribution in [2.45, 2.75) is 27.1 Å². The van der Waals surface area contributed by atoms with Gasteiger partial charge in [0.15, 0.2) is 23.1 Å². The van der Waals surface area contributed by atoms with Gasteiger partial charge in [0, 0.05) is 31.8 Å². The number of carbonyl (C=O) groups excluding carboxylic acids is 2. The minimum atomic E-state index is -2.95. The van der Waals surface area contributed by atoms with Crippen molar-refractivity contribution in [3.63, 3.8) is 0 Å². The summed E-state index contributed by atoms with van der Waals surface area (Å²) in [6.45, 7) is 4.36. The molecule has 0 aliphatic carbocycles. The van der Waals surface area contributed by atoms with E-state index in [1.165, 1.54) is 58.7 Å². The first-order valence-electron chi connectivity index (χ1n) is 12.5. The fourth-order valence-electron chi connectivity index (χ4n) is 3.71. The van der Waals surface area contributed by atoms with Crippen LogP contribution in [0.15, 0.2) is 60.9 Å². The van der Waals surface area contributed by atoms with Gasteiger partial charge in [-0.1, -0.05) is 18.2 Å². The van der Waals surface area contributed by atoms with Crippen LogP contribution in [0.4, 0.5) is 11.6 Å². The third-order valence-electron chi connectivity index (χ3n) is 5.57. The molecule has 0 aliphatic heterocycles. The van der Waals surface area contributed by atoms with Gasteiger partial charge in [-0.2, -0.15) is 4.98 Å². The number of hydrogen-bond acceptors (Lipinski definition) is 13. The Kier molecular flexibility index (Phi) is 9.80. The molecular weight excluding hydrogens is 582 g/mol. The van der Waals surface area contributed by atoms with Crippen LogP contribution in [-0.4, -0.2) is 61.1 Å². The van der Waals surface area contributed by atoms with E-state index in [-0.39, 0.29) is 46.1 Å². The lowest BCUT2D eigenvalue weighted by Crippen LogP contribution is -2.23. The molecule has 1 aromatic carbocycles. The van der Waals surface area contributed by atoms with Gasteiger partial charge >= 0.3 is 11.9 Å². The van der Waals surface area contributed by atoms with Crippen LogP contribution in [0.25, 0.3) is 11.4 Å². The van der Waals surface area contributed by atoms with Gasteiger partial charge in [0.2, 0.25) is 12.0 Å².